The molecule has 0 aliphatic rings. The summed E-state index contributed by atoms with van der Waals surface area (Å²) in [4.78, 5) is 14.7. The number of pyridine rings is 1. The van der Waals surface area contributed by atoms with Crippen molar-refractivity contribution in [3.8, 4) is 11.5 Å². The standard InChI is InChI=1S/C16H17NO3/c1-3-11(2)12-4-6-14(7-5-12)20-15-8-13(16(18)19)9-17-10-15/h4-11H,3H2,1-2H3,(H,18,19). The van der Waals surface area contributed by atoms with Crippen LogP contribution in [0.15, 0.2) is 42.7 Å². The van der Waals surface area contributed by atoms with Crippen LogP contribution in [0.25, 0.3) is 0 Å². The van der Waals surface area contributed by atoms with Crippen LogP contribution in [0.5, 0.6) is 11.5 Å². The third-order valence-electron chi connectivity index (χ3n) is 3.26. The molecule has 4 nitrogen and oxygen atoms in total. The molecule has 0 radical (unpaired) electrons. The van der Waals surface area contributed by atoms with Gasteiger partial charge in [-0.15, -0.1) is 0 Å². The van der Waals surface area contributed by atoms with E-state index >= 15 is 0 Å². The molecule has 20 heavy (non-hydrogen) atoms. The van der Waals surface area contributed by atoms with E-state index in [1.54, 1.807) is 0 Å². The molecule has 0 aliphatic carbocycles. The second-order valence-corrected chi connectivity index (χ2v) is 4.69. The molecule has 0 saturated carbocycles. The zero-order valence-corrected chi connectivity index (χ0v) is 11.5. The largest absolute Gasteiger partial charge is 0.478 e. The first-order chi connectivity index (χ1) is 9.60. The van der Waals surface area contributed by atoms with Gasteiger partial charge in [-0.05, 0) is 36.1 Å². The first-order valence-corrected chi connectivity index (χ1v) is 6.56. The highest BCUT2D eigenvalue weighted by Crippen LogP contribution is 2.25. The number of rotatable bonds is 5. The van der Waals surface area contributed by atoms with Gasteiger partial charge in [0.1, 0.15) is 11.5 Å². The molecular weight excluding hydrogens is 254 g/mol. The van der Waals surface area contributed by atoms with Gasteiger partial charge in [0.2, 0.25) is 0 Å². The molecule has 1 aromatic heterocycles. The van der Waals surface area contributed by atoms with Gasteiger partial charge in [-0.1, -0.05) is 26.0 Å². The van der Waals surface area contributed by atoms with Crippen LogP contribution in [-0.4, -0.2) is 16.1 Å². The lowest BCUT2D eigenvalue weighted by Crippen LogP contribution is -1.97. The molecule has 0 spiro atoms. The summed E-state index contributed by atoms with van der Waals surface area (Å²) in [6, 6.07) is 9.28. The van der Waals surface area contributed by atoms with Gasteiger partial charge in [-0.25, -0.2) is 4.79 Å². The molecule has 0 bridgehead atoms. The van der Waals surface area contributed by atoms with E-state index in [0.717, 1.165) is 6.42 Å². The maximum atomic E-state index is 10.9. The van der Waals surface area contributed by atoms with Gasteiger partial charge in [0.05, 0.1) is 11.8 Å². The molecule has 1 heterocycles. The summed E-state index contributed by atoms with van der Waals surface area (Å²) in [5.74, 6) is 0.582. The topological polar surface area (TPSA) is 59.4 Å². The fourth-order valence-electron chi connectivity index (χ4n) is 1.83. The van der Waals surface area contributed by atoms with Crippen LogP contribution in [0.3, 0.4) is 0 Å². The van der Waals surface area contributed by atoms with Crippen LogP contribution < -0.4 is 4.74 Å². The average molecular weight is 271 g/mol. The summed E-state index contributed by atoms with van der Waals surface area (Å²) in [6.45, 7) is 4.33. The second-order valence-electron chi connectivity index (χ2n) is 4.69. The van der Waals surface area contributed by atoms with E-state index in [1.807, 2.05) is 24.3 Å². The van der Waals surface area contributed by atoms with E-state index in [1.165, 1.54) is 24.0 Å². The Morgan fingerprint density at radius 2 is 1.95 bits per heavy atom. The van der Waals surface area contributed by atoms with Gasteiger partial charge in [0, 0.05) is 6.20 Å². The van der Waals surface area contributed by atoms with Crippen molar-refractivity contribution in [1.82, 2.24) is 4.98 Å². The van der Waals surface area contributed by atoms with Crippen LogP contribution >= 0.6 is 0 Å². The third-order valence-corrected chi connectivity index (χ3v) is 3.26. The minimum Gasteiger partial charge on any atom is -0.478 e. The fraction of sp³-hybridized carbons (Fsp3) is 0.250. The van der Waals surface area contributed by atoms with Crippen molar-refractivity contribution in [2.24, 2.45) is 0 Å². The number of ether oxygens (including phenoxy) is 1. The zero-order chi connectivity index (χ0) is 14.5. The Balaban J connectivity index is 2.14. The smallest absolute Gasteiger partial charge is 0.337 e. The Morgan fingerprint density at radius 3 is 2.55 bits per heavy atom. The van der Waals surface area contributed by atoms with Gasteiger partial charge in [0.25, 0.3) is 0 Å². The monoisotopic (exact) mass is 271 g/mol. The lowest BCUT2D eigenvalue weighted by atomic mass is 9.99. The predicted octanol–water partition coefficient (Wildman–Crippen LogP) is 4.09. The van der Waals surface area contributed by atoms with E-state index in [9.17, 15) is 4.79 Å². The number of carbonyl (C=O) groups is 1. The molecule has 2 aromatic rings. The van der Waals surface area contributed by atoms with Crippen molar-refractivity contribution < 1.29 is 14.6 Å². The summed E-state index contributed by atoms with van der Waals surface area (Å²) in [5.41, 5.74) is 1.37. The highest BCUT2D eigenvalue weighted by molar-refractivity contribution is 5.87. The Hall–Kier alpha value is -2.36. The maximum Gasteiger partial charge on any atom is 0.337 e. The van der Waals surface area contributed by atoms with Crippen LogP contribution in [0.4, 0.5) is 0 Å². The number of hydrogen-bond acceptors (Lipinski definition) is 3. The first-order valence-electron chi connectivity index (χ1n) is 6.56. The number of carboxylic acids is 1. The van der Waals surface area contributed by atoms with E-state index in [-0.39, 0.29) is 5.56 Å². The predicted molar refractivity (Wildman–Crippen MR) is 76.4 cm³/mol. The lowest BCUT2D eigenvalue weighted by molar-refractivity contribution is 0.0696. The molecule has 2 rings (SSSR count). The molecular formula is C16H17NO3. The van der Waals surface area contributed by atoms with E-state index in [2.05, 4.69) is 18.8 Å². The molecule has 0 saturated heterocycles. The number of benzene rings is 1. The number of aromatic nitrogens is 1. The first kappa shape index (κ1) is 14.1. The van der Waals surface area contributed by atoms with Crippen LogP contribution in [0.1, 0.15) is 42.1 Å². The van der Waals surface area contributed by atoms with Crippen molar-refractivity contribution in [3.63, 3.8) is 0 Å². The van der Waals surface area contributed by atoms with Crippen molar-refractivity contribution in [2.75, 3.05) is 0 Å². The van der Waals surface area contributed by atoms with E-state index in [4.69, 9.17) is 9.84 Å². The summed E-state index contributed by atoms with van der Waals surface area (Å²) in [6.07, 6.45) is 3.88. The number of aromatic carboxylic acids is 1. The second kappa shape index (κ2) is 6.19. The van der Waals surface area contributed by atoms with Crippen molar-refractivity contribution in [3.05, 3.63) is 53.9 Å². The SMILES string of the molecule is CCC(C)c1ccc(Oc2cncc(C(=O)O)c2)cc1. The highest BCUT2D eigenvalue weighted by atomic mass is 16.5. The fourth-order valence-corrected chi connectivity index (χ4v) is 1.83. The Morgan fingerprint density at radius 1 is 1.25 bits per heavy atom. The highest BCUT2D eigenvalue weighted by Gasteiger charge is 2.06. The molecule has 0 aliphatic heterocycles. The zero-order valence-electron chi connectivity index (χ0n) is 11.5. The van der Waals surface area contributed by atoms with Crippen LogP contribution in [0.2, 0.25) is 0 Å². The van der Waals surface area contributed by atoms with E-state index < -0.39 is 5.97 Å². The molecule has 104 valence electrons. The lowest BCUT2D eigenvalue weighted by Gasteiger charge is -2.10. The Labute approximate surface area is 118 Å². The van der Waals surface area contributed by atoms with Crippen LogP contribution in [-0.2, 0) is 0 Å². The number of nitrogens with zero attached hydrogens (tertiary/aromatic N) is 1. The molecule has 0 fully saturated rings. The van der Waals surface area contributed by atoms with Crippen molar-refractivity contribution >= 4 is 5.97 Å². The Kier molecular flexibility index (Phi) is 4.35. The summed E-state index contributed by atoms with van der Waals surface area (Å²) in [5, 5.41) is 8.90. The summed E-state index contributed by atoms with van der Waals surface area (Å²) in [7, 11) is 0. The molecule has 1 atom stereocenters. The van der Waals surface area contributed by atoms with Crippen molar-refractivity contribution in [2.45, 2.75) is 26.2 Å². The average Bonchev–Trinajstić information content (AvgIpc) is 2.47. The summed E-state index contributed by atoms with van der Waals surface area (Å²) < 4.78 is 5.61. The molecule has 1 unspecified atom stereocenters. The minimum absolute atomic E-state index is 0.110. The normalized spacial score (nSPS) is 11.9. The van der Waals surface area contributed by atoms with Crippen LogP contribution in [0, 0.1) is 0 Å². The third kappa shape index (κ3) is 3.35. The molecule has 4 heteroatoms. The minimum atomic E-state index is -1.02. The summed E-state index contributed by atoms with van der Waals surface area (Å²) >= 11 is 0. The van der Waals surface area contributed by atoms with Gasteiger partial charge in [0.15, 0.2) is 0 Å². The van der Waals surface area contributed by atoms with Crippen molar-refractivity contribution in [1.29, 1.82) is 0 Å². The molecule has 0 amide bonds. The van der Waals surface area contributed by atoms with Gasteiger partial charge in [-0.2, -0.15) is 0 Å². The molecule has 1 N–H and O–H groups in total. The maximum absolute atomic E-state index is 10.9. The number of carboxylic acid groups (broad SMARTS) is 1. The number of hydrogen-bond donors (Lipinski definition) is 1. The van der Waals surface area contributed by atoms with Gasteiger partial charge < -0.3 is 9.84 Å². The van der Waals surface area contributed by atoms with Gasteiger partial charge >= 0.3 is 5.97 Å². The van der Waals surface area contributed by atoms with E-state index in [0.29, 0.717) is 17.4 Å². The quantitative estimate of drug-likeness (QED) is 0.890. The Bertz CT molecular complexity index is 593. The van der Waals surface area contributed by atoms with Gasteiger partial charge in [-0.3, -0.25) is 4.98 Å². The molecule has 1 aromatic carbocycles.